The van der Waals surface area contributed by atoms with E-state index in [9.17, 15) is 45.6 Å². The number of hydrogen-bond donors (Lipinski definition) is 4. The molecule has 2 saturated heterocycles. The van der Waals surface area contributed by atoms with E-state index in [0.717, 1.165) is 0 Å². The minimum Gasteiger partial charge on any atom is -0.346 e. The van der Waals surface area contributed by atoms with Crippen molar-refractivity contribution in [3.63, 3.8) is 0 Å². The van der Waals surface area contributed by atoms with Gasteiger partial charge in [0, 0.05) is 45.8 Å². The average Bonchev–Trinajstić information content (AvgIpc) is 3.22. The van der Waals surface area contributed by atoms with Crippen molar-refractivity contribution >= 4 is 39.7 Å². The van der Waals surface area contributed by atoms with Crippen molar-refractivity contribution in [1.82, 2.24) is 34.8 Å². The molecule has 0 spiro atoms. The number of nitrogens with one attached hydrogen (secondary N) is 4. The highest BCUT2D eigenvalue weighted by molar-refractivity contribution is 7.87. The second-order valence-electron chi connectivity index (χ2n) is 16.2. The number of piperidine rings is 1. The van der Waals surface area contributed by atoms with Crippen LogP contribution in [0, 0.1) is 28.1 Å². The highest BCUT2D eigenvalue weighted by Gasteiger charge is 2.70. The van der Waals surface area contributed by atoms with Gasteiger partial charge in [0.05, 0.1) is 6.42 Å². The third-order valence-electron chi connectivity index (χ3n) is 9.97. The monoisotopic (exact) mass is 735 g/mol. The number of rotatable bonds is 12. The van der Waals surface area contributed by atoms with Crippen LogP contribution in [0.4, 0.5) is 18.0 Å². The summed E-state index contributed by atoms with van der Waals surface area (Å²) >= 11 is 0. The molecule has 3 fully saturated rings. The summed E-state index contributed by atoms with van der Waals surface area (Å²) in [5, 5.41) is 9.77. The summed E-state index contributed by atoms with van der Waals surface area (Å²) in [6, 6.07) is -6.17. The number of likely N-dealkylation sites (N-methyl/N-ethyl adjacent to an activating group) is 1. The van der Waals surface area contributed by atoms with Gasteiger partial charge in [-0.3, -0.25) is 19.2 Å². The molecule has 50 heavy (non-hydrogen) atoms. The lowest BCUT2D eigenvalue weighted by molar-refractivity contribution is -0.155. The van der Waals surface area contributed by atoms with Crippen molar-refractivity contribution in [2.45, 2.75) is 92.2 Å². The van der Waals surface area contributed by atoms with Crippen LogP contribution in [0.3, 0.4) is 0 Å². The lowest BCUT2D eigenvalue weighted by Crippen LogP contribution is -2.63. The van der Waals surface area contributed by atoms with Crippen molar-refractivity contribution in [3.05, 3.63) is 12.7 Å². The molecule has 18 heteroatoms. The van der Waals surface area contributed by atoms with Crippen LogP contribution in [0.5, 0.6) is 0 Å². The maximum absolute atomic E-state index is 14.3. The first kappa shape index (κ1) is 41.2. The maximum atomic E-state index is 14.3. The van der Waals surface area contributed by atoms with Crippen molar-refractivity contribution in [2.24, 2.45) is 28.1 Å². The molecular formula is C32H52F3N7O7S. The van der Waals surface area contributed by atoms with Gasteiger partial charge in [-0.25, -0.2) is 4.79 Å². The second-order valence-corrected chi connectivity index (χ2v) is 18.2. The minimum absolute atomic E-state index is 0.0199. The molecule has 2 aliphatic heterocycles. The van der Waals surface area contributed by atoms with Gasteiger partial charge in [0.15, 0.2) is 0 Å². The van der Waals surface area contributed by atoms with Crippen molar-refractivity contribution in [1.29, 1.82) is 0 Å². The molecule has 0 bridgehead atoms. The number of Topliss-reactive ketones (excluding diaryl/α,β-unsaturated/α-hetero) is 1. The molecule has 1 aliphatic carbocycles. The molecule has 4 N–H and O–H groups in total. The fourth-order valence-electron chi connectivity index (χ4n) is 6.67. The molecule has 0 aromatic heterocycles. The van der Waals surface area contributed by atoms with Gasteiger partial charge in [0.2, 0.25) is 17.6 Å². The third-order valence-corrected chi connectivity index (χ3v) is 11.9. The number of halogens is 3. The summed E-state index contributed by atoms with van der Waals surface area (Å²) in [5.41, 5.74) is -1.98. The Labute approximate surface area is 292 Å². The number of carbonyl (C=O) groups excluding carboxylic acids is 5. The predicted molar refractivity (Wildman–Crippen MR) is 178 cm³/mol. The molecule has 5 amide bonds. The first-order valence-corrected chi connectivity index (χ1v) is 17.9. The number of likely N-dealkylation sites (tertiary alicyclic amines) is 1. The quantitative estimate of drug-likeness (QED) is 0.173. The lowest BCUT2D eigenvalue weighted by Gasteiger charge is -2.39. The zero-order valence-corrected chi connectivity index (χ0v) is 31.0. The molecule has 2 heterocycles. The third kappa shape index (κ3) is 9.15. The fourth-order valence-corrected chi connectivity index (χ4v) is 8.03. The van der Waals surface area contributed by atoms with Crippen LogP contribution < -0.4 is 21.3 Å². The van der Waals surface area contributed by atoms with Gasteiger partial charge >= 0.3 is 12.2 Å². The summed E-state index contributed by atoms with van der Waals surface area (Å²) in [7, 11) is -2.23. The van der Waals surface area contributed by atoms with E-state index in [1.165, 1.54) is 26.6 Å². The van der Waals surface area contributed by atoms with Crippen molar-refractivity contribution in [3.8, 4) is 0 Å². The number of carbonyl (C=O) groups is 5. The summed E-state index contributed by atoms with van der Waals surface area (Å²) in [5.74, 6) is -5.13. The van der Waals surface area contributed by atoms with Gasteiger partial charge in [0.25, 0.3) is 16.1 Å². The van der Waals surface area contributed by atoms with E-state index in [1.54, 1.807) is 20.8 Å². The summed E-state index contributed by atoms with van der Waals surface area (Å²) in [4.78, 5) is 67.8. The van der Waals surface area contributed by atoms with Gasteiger partial charge in [-0.05, 0) is 28.1 Å². The largest absolute Gasteiger partial charge is 0.391 e. The second kappa shape index (κ2) is 14.4. The zero-order valence-electron chi connectivity index (χ0n) is 30.2. The molecule has 1 saturated carbocycles. The van der Waals surface area contributed by atoms with Crippen LogP contribution >= 0.6 is 0 Å². The number of amides is 5. The summed E-state index contributed by atoms with van der Waals surface area (Å²) in [6.45, 7) is 18.1. The Balaban J connectivity index is 1.86. The van der Waals surface area contributed by atoms with E-state index in [2.05, 4.69) is 27.8 Å². The Morgan fingerprint density at radius 2 is 1.56 bits per heavy atom. The van der Waals surface area contributed by atoms with Gasteiger partial charge < -0.3 is 26.2 Å². The standard InChI is InChI=1S/C32H52F3N7O7S/c1-11-12-36-26(45)23(43)19(15-32(33,34)35)37-25(44)22-21-18(31(21,8)9)16-42(22)27(46)24(30(5,6)7)39-28(47)38-20(29(2,3)4)17-41-14-13-40(10)50(41,48)49/h11,18-22,24H,1,12-17H2,2-10H3,(H,36,45)(H,37,44)(H2,38,39,47)/t18-,19?,20+,21-,22-,24+/m0/s1. The molecule has 0 aromatic carbocycles. The fraction of sp³-hybridized carbons (Fsp3) is 0.781. The van der Waals surface area contributed by atoms with Crippen molar-refractivity contribution < 1.29 is 45.6 Å². The highest BCUT2D eigenvalue weighted by atomic mass is 32.2. The Bertz CT molecular complexity index is 1470. The minimum atomic E-state index is -4.91. The van der Waals surface area contributed by atoms with E-state index in [0.29, 0.717) is 6.54 Å². The van der Waals surface area contributed by atoms with Gasteiger partial charge in [-0.1, -0.05) is 61.5 Å². The van der Waals surface area contributed by atoms with Crippen LogP contribution in [0.1, 0.15) is 61.8 Å². The molecule has 0 radical (unpaired) electrons. The van der Waals surface area contributed by atoms with E-state index in [4.69, 9.17) is 0 Å². The normalized spacial score (nSPS) is 25.1. The first-order chi connectivity index (χ1) is 22.6. The number of nitrogens with zero attached hydrogens (tertiary/aromatic N) is 3. The first-order valence-electron chi connectivity index (χ1n) is 16.5. The predicted octanol–water partition coefficient (Wildman–Crippen LogP) is 1.40. The highest BCUT2D eigenvalue weighted by Crippen LogP contribution is 2.65. The Morgan fingerprint density at radius 3 is 2.04 bits per heavy atom. The molecule has 3 rings (SSSR count). The Hall–Kier alpha value is -3.25. The summed E-state index contributed by atoms with van der Waals surface area (Å²) in [6.07, 6.45) is -5.47. The van der Waals surface area contributed by atoms with Gasteiger partial charge in [-0.15, -0.1) is 6.58 Å². The number of ketones is 1. The molecule has 0 aromatic rings. The van der Waals surface area contributed by atoms with Crippen LogP contribution in [-0.4, -0.2) is 122 Å². The van der Waals surface area contributed by atoms with E-state index in [-0.39, 0.29) is 32.1 Å². The van der Waals surface area contributed by atoms with Crippen LogP contribution in [-0.2, 0) is 29.4 Å². The van der Waals surface area contributed by atoms with Crippen LogP contribution in [0.2, 0.25) is 0 Å². The van der Waals surface area contributed by atoms with Crippen molar-refractivity contribution in [2.75, 3.05) is 39.8 Å². The molecule has 14 nitrogen and oxygen atoms in total. The SMILES string of the molecule is C=CCNC(=O)C(=O)C(CC(F)(F)F)NC(=O)[C@@H]1[C@@H]2[C@H](CN1C(=O)[C@@H](NC(=O)N[C@H](CN1CCN(C)S1(=O)=O)C(C)(C)C)C(C)(C)C)C2(C)C. The number of hydrogen-bond acceptors (Lipinski definition) is 7. The maximum Gasteiger partial charge on any atom is 0.391 e. The average molecular weight is 736 g/mol. The molecule has 284 valence electrons. The van der Waals surface area contributed by atoms with E-state index < -0.39 is 98.7 Å². The number of urea groups is 1. The Kier molecular flexibility index (Phi) is 11.9. The van der Waals surface area contributed by atoms with Gasteiger partial charge in [0.1, 0.15) is 18.1 Å². The lowest BCUT2D eigenvalue weighted by atomic mass is 9.85. The van der Waals surface area contributed by atoms with Crippen LogP contribution in [0.15, 0.2) is 12.7 Å². The number of alkyl halides is 3. The zero-order chi connectivity index (χ0) is 38.4. The van der Waals surface area contributed by atoms with Crippen LogP contribution in [0.25, 0.3) is 0 Å². The molecular weight excluding hydrogens is 683 g/mol. The van der Waals surface area contributed by atoms with Gasteiger partial charge in [-0.2, -0.15) is 30.2 Å². The van der Waals surface area contributed by atoms with E-state index in [1.807, 2.05) is 34.6 Å². The molecule has 3 aliphatic rings. The Morgan fingerprint density at radius 1 is 0.960 bits per heavy atom. The number of fused-ring (bicyclic) bond motifs is 1. The molecule has 6 atom stereocenters. The molecule has 1 unspecified atom stereocenters. The summed E-state index contributed by atoms with van der Waals surface area (Å²) < 4.78 is 68.5. The smallest absolute Gasteiger partial charge is 0.346 e. The van der Waals surface area contributed by atoms with E-state index >= 15 is 0 Å². The topological polar surface area (TPSA) is 177 Å².